The molecule has 5 atom stereocenters. The van der Waals surface area contributed by atoms with Crippen molar-refractivity contribution in [2.24, 2.45) is 96.1 Å². The topological polar surface area (TPSA) is 0 Å². The molecule has 616 valence electrons. The summed E-state index contributed by atoms with van der Waals surface area (Å²) in [5.41, 5.74) is -12.8. The molecule has 0 aliphatic carbocycles. The van der Waals surface area contributed by atoms with Crippen molar-refractivity contribution in [2.75, 3.05) is 0 Å². The summed E-state index contributed by atoms with van der Waals surface area (Å²) in [5, 5.41) is 0. The van der Waals surface area contributed by atoms with Gasteiger partial charge in [-0.2, -0.15) is 105 Å². The van der Waals surface area contributed by atoms with Crippen LogP contribution in [0.1, 0.15) is 345 Å². The van der Waals surface area contributed by atoms with Gasteiger partial charge in [-0.15, -0.1) is 0 Å². The van der Waals surface area contributed by atoms with Crippen molar-refractivity contribution in [2.45, 2.75) is 394 Å². The van der Waals surface area contributed by atoms with Gasteiger partial charge in [0.25, 0.3) is 0 Å². The van der Waals surface area contributed by atoms with Crippen molar-refractivity contribution >= 4 is 0 Å². The van der Waals surface area contributed by atoms with E-state index in [4.69, 9.17) is 0 Å². The highest BCUT2D eigenvalue weighted by Gasteiger charge is 2.60. The standard InChI is InChI=1S/C12H23F3.2C11H21F3.C10H19F3.C9H17F3.2C8H15F3.C7H13F3/c1-7-11(6,12(13,14)15)10(8(2)3)9(4)5;1-7(2)9(8(3)4)10(5,6)11(12,13)14;1-6-9(4,7-2)10(5,8-3)11(12,13)14;1-5-8(6-2)9(4,7-3)10(11,12)13;1-4-6-8(3,7-5-2)9(10,11)12;1-5-7(4,6(2)3)8(9,10)11;1-4-6-7(3,5-2)8(9,10)11;1-4-6(3,5-2)7(8,9)10/h8-10H,7H2,1-6H3;7-9H,1-6H3;6-8H2,1-5H3;8H,5-7H2,1-4H3;4-7H2,1-3H3;6H,5H2,1-4H3;4-6H2,1-3H3;4-5H2,1-3H3/t11-;;10-;9-;;2*7-;/m0.00.00./s1. The van der Waals surface area contributed by atoms with E-state index >= 15 is 0 Å². The zero-order chi connectivity index (χ0) is 83.1. The second kappa shape index (κ2) is 45.2. The summed E-state index contributed by atoms with van der Waals surface area (Å²) in [6, 6.07) is 0. The molecule has 0 saturated carbocycles. The molecule has 0 saturated heterocycles. The average Bonchev–Trinajstić information content (AvgIpc) is 0.792. The highest BCUT2D eigenvalue weighted by atomic mass is 19.4. The largest absolute Gasteiger partial charge is 0.394 e. The number of hydrogen-bond donors (Lipinski definition) is 0. The van der Waals surface area contributed by atoms with E-state index in [0.717, 1.165) is 0 Å². The van der Waals surface area contributed by atoms with Gasteiger partial charge in [0.2, 0.25) is 0 Å². The molecule has 0 heterocycles. The summed E-state index contributed by atoms with van der Waals surface area (Å²) >= 11 is 0. The summed E-state index contributed by atoms with van der Waals surface area (Å²) in [6.07, 6.45) is -26.7. The first-order valence-electron chi connectivity index (χ1n) is 36.5. The molecular weight excluding hydrogens is 1370 g/mol. The molecule has 0 fully saturated rings. The van der Waals surface area contributed by atoms with Gasteiger partial charge in [-0.1, -0.05) is 268 Å². The highest BCUT2D eigenvalue weighted by Crippen LogP contribution is 2.57. The molecule has 0 aromatic heterocycles. The van der Waals surface area contributed by atoms with Gasteiger partial charge in [-0.25, -0.2) is 0 Å². The monoisotopic (exact) mass is 1510 g/mol. The van der Waals surface area contributed by atoms with Gasteiger partial charge < -0.3 is 0 Å². The molecule has 24 heteroatoms. The molecule has 0 spiro atoms. The van der Waals surface area contributed by atoms with Crippen molar-refractivity contribution in [1.82, 2.24) is 0 Å². The molecular formula is C76H144F24. The van der Waals surface area contributed by atoms with E-state index in [0.29, 0.717) is 44.9 Å². The molecule has 0 unspecified atom stereocenters. The Morgan fingerprint density at radius 1 is 0.220 bits per heavy atom. The van der Waals surface area contributed by atoms with Gasteiger partial charge in [0.05, 0.1) is 43.3 Å². The van der Waals surface area contributed by atoms with E-state index in [1.165, 1.54) is 62.3 Å². The summed E-state index contributed by atoms with van der Waals surface area (Å²) in [7, 11) is 0. The van der Waals surface area contributed by atoms with Crippen molar-refractivity contribution in [3.63, 3.8) is 0 Å². The summed E-state index contributed by atoms with van der Waals surface area (Å²) in [4.78, 5) is 0. The van der Waals surface area contributed by atoms with Crippen molar-refractivity contribution in [3.05, 3.63) is 0 Å². The Balaban J connectivity index is -0.000000162. The molecule has 0 amide bonds. The van der Waals surface area contributed by atoms with Crippen LogP contribution in [0.25, 0.3) is 0 Å². The van der Waals surface area contributed by atoms with E-state index in [2.05, 4.69) is 0 Å². The SMILES string of the molecule is CC(C)C(C(C)C)C(C)(C)C(F)(F)F.CCC(C)(CC)C(F)(F)F.CCC(C)(CC)[C@](C)(CC)C(F)(F)F.CCC(CC)[C@](C)(CC)C(F)(F)F.CCCC(C)(CCC)C(F)(F)F.CCC[C@](C)(CC)C(F)(F)F.CC[C@@](C)(C(C(C)C)C(C)C)C(F)(F)F.CC[C@@](C)(C(C)C)C(F)(F)F. The van der Waals surface area contributed by atoms with Crippen LogP contribution in [0.3, 0.4) is 0 Å². The van der Waals surface area contributed by atoms with Gasteiger partial charge in [0.1, 0.15) is 0 Å². The zero-order valence-electron chi connectivity index (χ0n) is 68.2. The molecule has 0 aromatic carbocycles. The number of alkyl halides is 24. The smallest absolute Gasteiger partial charge is 0.171 e. The minimum Gasteiger partial charge on any atom is -0.171 e. The quantitative estimate of drug-likeness (QED) is 0.0757. The lowest BCUT2D eigenvalue weighted by molar-refractivity contribution is -0.259. The third kappa shape index (κ3) is 33.2. The van der Waals surface area contributed by atoms with E-state index in [9.17, 15) is 105 Å². The maximum absolute atomic E-state index is 13.1. The molecule has 0 nitrogen and oxygen atoms in total. The number of hydrogen-bond acceptors (Lipinski definition) is 0. The first-order valence-corrected chi connectivity index (χ1v) is 36.5. The fourth-order valence-corrected chi connectivity index (χ4v) is 13.6. The Morgan fingerprint density at radius 3 is 0.530 bits per heavy atom. The first kappa shape index (κ1) is 114. The Labute approximate surface area is 593 Å². The van der Waals surface area contributed by atoms with Crippen LogP contribution >= 0.6 is 0 Å². The molecule has 0 radical (unpaired) electrons. The third-order valence-electron chi connectivity index (χ3n) is 23.5. The maximum atomic E-state index is 13.1. The molecule has 0 rings (SSSR count). The summed E-state index contributed by atoms with van der Waals surface area (Å²) < 4.78 is 302. The van der Waals surface area contributed by atoms with Crippen LogP contribution < -0.4 is 0 Å². The van der Waals surface area contributed by atoms with Crippen LogP contribution in [0.5, 0.6) is 0 Å². The lowest BCUT2D eigenvalue weighted by Crippen LogP contribution is -2.47. The van der Waals surface area contributed by atoms with Crippen LogP contribution in [-0.4, -0.2) is 49.4 Å². The van der Waals surface area contributed by atoms with Crippen LogP contribution in [-0.2, 0) is 0 Å². The Hall–Kier alpha value is -1.68. The lowest BCUT2D eigenvalue weighted by atomic mass is 9.60. The molecule has 0 aliphatic rings. The van der Waals surface area contributed by atoms with Crippen LogP contribution in [0.2, 0.25) is 0 Å². The molecule has 100 heavy (non-hydrogen) atoms. The van der Waals surface area contributed by atoms with Gasteiger partial charge in [0, 0.05) is 0 Å². The molecule has 0 N–H and O–H groups in total. The summed E-state index contributed by atoms with van der Waals surface area (Å²) in [6.45, 7) is 55.6. The second-order valence-corrected chi connectivity index (χ2v) is 31.7. The third-order valence-corrected chi connectivity index (χ3v) is 23.5. The Bertz CT molecular complexity index is 2000. The van der Waals surface area contributed by atoms with Crippen LogP contribution in [0, 0.1) is 96.1 Å². The lowest BCUT2D eigenvalue weighted by Gasteiger charge is -2.46. The van der Waals surface area contributed by atoms with Crippen LogP contribution in [0.15, 0.2) is 0 Å². The highest BCUT2D eigenvalue weighted by molar-refractivity contribution is 4.96. The van der Waals surface area contributed by atoms with Gasteiger partial charge >= 0.3 is 49.4 Å². The molecule has 0 aromatic rings. The predicted molar refractivity (Wildman–Crippen MR) is 370 cm³/mol. The minimum atomic E-state index is -4.12. The normalized spacial score (nSPS) is 16.5. The van der Waals surface area contributed by atoms with Gasteiger partial charge in [-0.05, 0) is 130 Å². The zero-order valence-corrected chi connectivity index (χ0v) is 68.2. The molecule has 0 aliphatic heterocycles. The van der Waals surface area contributed by atoms with Gasteiger partial charge in [0.15, 0.2) is 0 Å². The fraction of sp³-hybridized carbons (Fsp3) is 1.00. The van der Waals surface area contributed by atoms with Gasteiger partial charge in [-0.3, -0.25) is 0 Å². The maximum Gasteiger partial charge on any atom is 0.394 e. The average molecular weight is 1510 g/mol. The Kier molecular flexibility index (Phi) is 51.6. The van der Waals surface area contributed by atoms with Crippen molar-refractivity contribution in [1.29, 1.82) is 0 Å². The second-order valence-electron chi connectivity index (χ2n) is 31.7. The fourth-order valence-electron chi connectivity index (χ4n) is 13.6. The minimum absolute atomic E-state index is 0.0478. The number of halogens is 24. The van der Waals surface area contributed by atoms with E-state index < -0.39 is 98.1 Å². The van der Waals surface area contributed by atoms with E-state index in [1.54, 1.807) is 90.0 Å². The first-order chi connectivity index (χ1) is 44.0. The van der Waals surface area contributed by atoms with Crippen molar-refractivity contribution in [3.8, 4) is 0 Å². The number of rotatable bonds is 26. The summed E-state index contributed by atoms with van der Waals surface area (Å²) in [5.74, 6) is -1.05. The van der Waals surface area contributed by atoms with Crippen molar-refractivity contribution < 1.29 is 105 Å². The van der Waals surface area contributed by atoms with E-state index in [1.807, 2.05) is 83.1 Å². The van der Waals surface area contributed by atoms with E-state index in [-0.39, 0.29) is 112 Å². The van der Waals surface area contributed by atoms with Crippen LogP contribution in [0.4, 0.5) is 105 Å². The molecule has 0 bridgehead atoms. The predicted octanol–water partition coefficient (Wildman–Crippen LogP) is 33.5. The Morgan fingerprint density at radius 2 is 0.460 bits per heavy atom.